The number of piperidine rings is 1. The van der Waals surface area contributed by atoms with E-state index in [1.165, 1.54) is 5.56 Å². The first-order chi connectivity index (χ1) is 12.6. The molecule has 2 N–H and O–H groups in total. The zero-order chi connectivity index (χ0) is 18.5. The Morgan fingerprint density at radius 2 is 1.55 bits per heavy atom. The van der Waals surface area contributed by atoms with E-state index < -0.39 is 0 Å². The van der Waals surface area contributed by atoms with Gasteiger partial charge in [-0.05, 0) is 55.8 Å². The summed E-state index contributed by atoms with van der Waals surface area (Å²) in [6.07, 6.45) is 3.97. The van der Waals surface area contributed by atoms with Crippen molar-refractivity contribution in [2.75, 3.05) is 34.4 Å². The van der Waals surface area contributed by atoms with E-state index in [9.17, 15) is 0 Å². The fraction of sp³-hybridized carbons (Fsp3) is 0.450. The summed E-state index contributed by atoms with van der Waals surface area (Å²) in [7, 11) is 4.83. The highest BCUT2D eigenvalue weighted by molar-refractivity contribution is 5.86. The van der Waals surface area contributed by atoms with Gasteiger partial charge in [0.1, 0.15) is 0 Å². The number of nitrogens with zero attached hydrogens (tertiary/aromatic N) is 2. The van der Waals surface area contributed by atoms with Crippen LogP contribution in [0, 0.1) is 0 Å². The molecule has 0 bridgehead atoms. The highest BCUT2D eigenvalue weighted by atomic mass is 35.5. The van der Waals surface area contributed by atoms with Crippen molar-refractivity contribution in [1.82, 2.24) is 9.88 Å². The van der Waals surface area contributed by atoms with Gasteiger partial charge < -0.3 is 19.9 Å². The summed E-state index contributed by atoms with van der Waals surface area (Å²) in [6, 6.07) is 8.38. The van der Waals surface area contributed by atoms with Crippen molar-refractivity contribution >= 4 is 37.2 Å². The predicted octanol–water partition coefficient (Wildman–Crippen LogP) is 3.96. The summed E-state index contributed by atoms with van der Waals surface area (Å²) in [5, 5.41) is 0. The Bertz CT molecular complexity index is 732. The van der Waals surface area contributed by atoms with E-state index in [-0.39, 0.29) is 37.2 Å². The van der Waals surface area contributed by atoms with Gasteiger partial charge in [0, 0.05) is 24.3 Å². The molecule has 0 amide bonds. The molecule has 1 aromatic heterocycles. The normalized spacial score (nSPS) is 14.1. The fourth-order valence-corrected chi connectivity index (χ4v) is 3.33. The van der Waals surface area contributed by atoms with E-state index in [0.717, 1.165) is 43.7 Å². The summed E-state index contributed by atoms with van der Waals surface area (Å²) in [4.78, 5) is 6.97. The van der Waals surface area contributed by atoms with Crippen LogP contribution in [-0.2, 0) is 6.54 Å². The first-order valence-electron chi connectivity index (χ1n) is 8.88. The summed E-state index contributed by atoms with van der Waals surface area (Å²) < 4.78 is 16.3. The Morgan fingerprint density at radius 3 is 2.07 bits per heavy atom. The largest absolute Gasteiger partial charge is 0.493 e. The van der Waals surface area contributed by atoms with Crippen LogP contribution in [0.25, 0.3) is 11.3 Å². The second-order valence-corrected chi connectivity index (χ2v) is 6.58. The van der Waals surface area contributed by atoms with Gasteiger partial charge in [0.05, 0.1) is 27.0 Å². The minimum Gasteiger partial charge on any atom is -0.493 e. The molecule has 9 heteroatoms. The molecule has 29 heavy (non-hydrogen) atoms. The molecule has 2 heterocycles. The second-order valence-electron chi connectivity index (χ2n) is 6.58. The van der Waals surface area contributed by atoms with Crippen molar-refractivity contribution in [3.63, 3.8) is 0 Å². The lowest BCUT2D eigenvalue weighted by Crippen LogP contribution is -2.39. The van der Waals surface area contributed by atoms with Gasteiger partial charge in [-0.25, -0.2) is 0 Å². The van der Waals surface area contributed by atoms with E-state index in [0.29, 0.717) is 23.3 Å². The van der Waals surface area contributed by atoms with E-state index in [1.54, 1.807) is 21.3 Å². The van der Waals surface area contributed by atoms with E-state index in [1.807, 2.05) is 18.3 Å². The molecule has 3 rings (SSSR count). The summed E-state index contributed by atoms with van der Waals surface area (Å²) >= 11 is 0. The van der Waals surface area contributed by atoms with Crippen LogP contribution in [0.4, 0.5) is 0 Å². The number of halogens is 3. The van der Waals surface area contributed by atoms with Crippen LogP contribution >= 0.6 is 37.2 Å². The Hall–Kier alpha value is -1.44. The molecular weight excluding hydrogens is 437 g/mol. The Balaban J connectivity index is 0.00000261. The lowest BCUT2D eigenvalue weighted by Gasteiger charge is -2.30. The lowest BCUT2D eigenvalue weighted by molar-refractivity contribution is 0.205. The Labute approximate surface area is 191 Å². The van der Waals surface area contributed by atoms with Crippen LogP contribution in [0.15, 0.2) is 30.5 Å². The molecule has 1 saturated heterocycles. The molecule has 2 aromatic rings. The number of aromatic nitrogens is 1. The van der Waals surface area contributed by atoms with Crippen molar-refractivity contribution in [3.05, 3.63) is 36.0 Å². The van der Waals surface area contributed by atoms with E-state index in [4.69, 9.17) is 19.9 Å². The molecule has 6 nitrogen and oxygen atoms in total. The standard InChI is InChI=1S/C20H27N3O3.3ClH/c1-24-18-11-15(12-19(25-2)20(18)26-3)17-10-14(4-7-22-17)13-23-8-5-16(21)6-9-23;;;/h4,7,10-12,16H,5-6,8-9,13,21H2,1-3H3;3*1H. The first kappa shape index (κ1) is 27.6. The van der Waals surface area contributed by atoms with Gasteiger partial charge in [-0.3, -0.25) is 9.88 Å². The SMILES string of the molecule is COc1cc(-c2cc(CN3CCC(N)CC3)ccn2)cc(OC)c1OC.Cl.Cl.Cl. The number of pyridine rings is 1. The maximum absolute atomic E-state index is 6.00. The monoisotopic (exact) mass is 465 g/mol. The number of likely N-dealkylation sites (tertiary alicyclic amines) is 1. The third-order valence-electron chi connectivity index (χ3n) is 4.82. The average molecular weight is 467 g/mol. The van der Waals surface area contributed by atoms with Crippen LogP contribution in [-0.4, -0.2) is 50.3 Å². The molecule has 0 radical (unpaired) electrons. The molecule has 0 saturated carbocycles. The van der Waals surface area contributed by atoms with E-state index >= 15 is 0 Å². The summed E-state index contributed by atoms with van der Waals surface area (Å²) in [5.41, 5.74) is 9.05. The number of benzene rings is 1. The number of hydrogen-bond donors (Lipinski definition) is 1. The third-order valence-corrected chi connectivity index (χ3v) is 4.82. The maximum Gasteiger partial charge on any atom is 0.203 e. The van der Waals surface area contributed by atoms with Crippen LogP contribution in [0.5, 0.6) is 17.2 Å². The fourth-order valence-electron chi connectivity index (χ4n) is 3.33. The molecule has 0 aliphatic carbocycles. The Kier molecular flexibility index (Phi) is 12.3. The van der Waals surface area contributed by atoms with Crippen molar-refractivity contribution in [1.29, 1.82) is 0 Å². The molecule has 1 aliphatic heterocycles. The molecule has 164 valence electrons. The van der Waals surface area contributed by atoms with E-state index in [2.05, 4.69) is 22.0 Å². The van der Waals surface area contributed by atoms with Crippen molar-refractivity contribution in [3.8, 4) is 28.5 Å². The van der Waals surface area contributed by atoms with Gasteiger partial charge >= 0.3 is 0 Å². The Morgan fingerprint density at radius 1 is 0.966 bits per heavy atom. The quantitative estimate of drug-likeness (QED) is 0.695. The van der Waals surface area contributed by atoms with Gasteiger partial charge in [0.15, 0.2) is 11.5 Å². The number of hydrogen-bond acceptors (Lipinski definition) is 6. The van der Waals surface area contributed by atoms with Gasteiger partial charge in [0.2, 0.25) is 5.75 Å². The molecule has 1 aromatic carbocycles. The molecule has 1 fully saturated rings. The van der Waals surface area contributed by atoms with Gasteiger partial charge in [-0.2, -0.15) is 0 Å². The van der Waals surface area contributed by atoms with Crippen LogP contribution in [0.1, 0.15) is 18.4 Å². The number of methoxy groups -OCH3 is 3. The average Bonchev–Trinajstić information content (AvgIpc) is 2.68. The number of ether oxygens (including phenoxy) is 3. The molecule has 1 aliphatic rings. The minimum absolute atomic E-state index is 0. The van der Waals surface area contributed by atoms with Gasteiger partial charge in [0.25, 0.3) is 0 Å². The highest BCUT2D eigenvalue weighted by Crippen LogP contribution is 2.40. The van der Waals surface area contributed by atoms with Crippen molar-refractivity contribution in [2.45, 2.75) is 25.4 Å². The zero-order valence-corrected chi connectivity index (χ0v) is 19.4. The van der Waals surface area contributed by atoms with Gasteiger partial charge in [-0.15, -0.1) is 37.2 Å². The zero-order valence-electron chi connectivity index (χ0n) is 16.9. The second kappa shape index (κ2) is 13.0. The maximum atomic E-state index is 6.00. The van der Waals surface area contributed by atoms with Gasteiger partial charge in [-0.1, -0.05) is 0 Å². The lowest BCUT2D eigenvalue weighted by atomic mass is 10.0. The van der Waals surface area contributed by atoms with Crippen LogP contribution in [0.2, 0.25) is 0 Å². The smallest absolute Gasteiger partial charge is 0.203 e. The molecule has 0 spiro atoms. The molecular formula is C20H30Cl3N3O3. The summed E-state index contributed by atoms with van der Waals surface area (Å²) in [6.45, 7) is 3.00. The molecule has 0 atom stereocenters. The van der Waals surface area contributed by atoms with Crippen LogP contribution in [0.3, 0.4) is 0 Å². The third kappa shape index (κ3) is 6.79. The number of nitrogens with two attached hydrogens (primary N) is 1. The van der Waals surface area contributed by atoms with Crippen LogP contribution < -0.4 is 19.9 Å². The molecule has 0 unspecified atom stereocenters. The number of rotatable bonds is 6. The first-order valence-corrected chi connectivity index (χ1v) is 8.88. The summed E-state index contributed by atoms with van der Waals surface area (Å²) in [5.74, 6) is 1.83. The van der Waals surface area contributed by atoms with Crippen molar-refractivity contribution in [2.24, 2.45) is 5.73 Å². The highest BCUT2D eigenvalue weighted by Gasteiger charge is 2.17. The minimum atomic E-state index is 0. The topological polar surface area (TPSA) is 69.8 Å². The van der Waals surface area contributed by atoms with Crippen molar-refractivity contribution < 1.29 is 14.2 Å². The predicted molar refractivity (Wildman–Crippen MR) is 124 cm³/mol.